The van der Waals surface area contributed by atoms with Gasteiger partial charge in [0.15, 0.2) is 0 Å². The molecule has 0 atom stereocenters. The molecule has 3 aromatic rings. The predicted octanol–water partition coefficient (Wildman–Crippen LogP) is 4.49. The van der Waals surface area contributed by atoms with Gasteiger partial charge in [-0.05, 0) is 52.0 Å². The van der Waals surface area contributed by atoms with Crippen LogP contribution in [0.15, 0.2) is 28.7 Å². The number of nitrogens with zero attached hydrogens (tertiary/aromatic N) is 4. The van der Waals surface area contributed by atoms with E-state index >= 15 is 0 Å². The van der Waals surface area contributed by atoms with Crippen molar-refractivity contribution >= 4 is 39.1 Å². The molecule has 8 heteroatoms. The molecular weight excluding hydrogens is 430 g/mol. The van der Waals surface area contributed by atoms with Crippen LogP contribution in [0.3, 0.4) is 0 Å². The first kappa shape index (κ1) is 19.5. The van der Waals surface area contributed by atoms with Crippen molar-refractivity contribution in [3.8, 4) is 5.95 Å². The lowest BCUT2D eigenvalue weighted by atomic mass is 10.1. The van der Waals surface area contributed by atoms with E-state index in [0.717, 1.165) is 32.8 Å². The Balaban J connectivity index is 1.85. The van der Waals surface area contributed by atoms with Crippen LogP contribution in [0.4, 0.5) is 5.69 Å². The quantitative estimate of drug-likeness (QED) is 0.638. The molecule has 0 saturated carbocycles. The Morgan fingerprint density at radius 1 is 1.15 bits per heavy atom. The number of carbonyl (C=O) groups excluding carboxylic acids is 1. The highest BCUT2D eigenvalue weighted by molar-refractivity contribution is 9.10. The number of hydrogen-bond acceptors (Lipinski definition) is 4. The molecule has 140 valence electrons. The average molecular weight is 449 g/mol. The third kappa shape index (κ3) is 4.36. The summed E-state index contributed by atoms with van der Waals surface area (Å²) < 4.78 is 2.54. The Labute approximate surface area is 171 Å². The van der Waals surface area contributed by atoms with E-state index in [0.29, 0.717) is 16.7 Å². The maximum atomic E-state index is 12.5. The molecule has 27 heavy (non-hydrogen) atoms. The lowest BCUT2D eigenvalue weighted by molar-refractivity contribution is -0.115. The van der Waals surface area contributed by atoms with E-state index in [2.05, 4.69) is 36.3 Å². The summed E-state index contributed by atoms with van der Waals surface area (Å²) in [5.74, 6) is 0.349. The minimum Gasteiger partial charge on any atom is -0.324 e. The topological polar surface area (TPSA) is 72.7 Å². The van der Waals surface area contributed by atoms with Crippen LogP contribution < -0.4 is 5.32 Å². The number of carbonyl (C=O) groups is 1. The summed E-state index contributed by atoms with van der Waals surface area (Å²) in [5, 5.41) is 7.86. The van der Waals surface area contributed by atoms with Gasteiger partial charge in [-0.25, -0.2) is 14.6 Å². The fraction of sp³-hybridized carbons (Fsp3) is 0.263. The van der Waals surface area contributed by atoms with Crippen molar-refractivity contribution in [2.45, 2.75) is 34.1 Å². The molecule has 0 fully saturated rings. The van der Waals surface area contributed by atoms with Gasteiger partial charge in [-0.2, -0.15) is 5.10 Å². The van der Waals surface area contributed by atoms with E-state index in [1.54, 1.807) is 16.8 Å². The third-order valence-corrected chi connectivity index (χ3v) is 4.95. The molecule has 2 aromatic heterocycles. The fourth-order valence-electron chi connectivity index (χ4n) is 2.87. The van der Waals surface area contributed by atoms with Crippen LogP contribution in [0.1, 0.15) is 28.3 Å². The van der Waals surface area contributed by atoms with E-state index in [-0.39, 0.29) is 12.3 Å². The zero-order valence-electron chi connectivity index (χ0n) is 15.5. The molecule has 0 bridgehead atoms. The molecule has 0 saturated heterocycles. The van der Waals surface area contributed by atoms with E-state index in [1.807, 2.05) is 39.8 Å². The lowest BCUT2D eigenvalue weighted by Crippen LogP contribution is -2.15. The maximum absolute atomic E-state index is 12.5. The van der Waals surface area contributed by atoms with Crippen molar-refractivity contribution in [2.75, 3.05) is 5.32 Å². The van der Waals surface area contributed by atoms with E-state index in [9.17, 15) is 4.79 Å². The summed E-state index contributed by atoms with van der Waals surface area (Å²) in [6.07, 6.45) is 0.189. The molecule has 3 rings (SSSR count). The summed E-state index contributed by atoms with van der Waals surface area (Å²) in [4.78, 5) is 21.4. The Morgan fingerprint density at radius 3 is 2.44 bits per heavy atom. The van der Waals surface area contributed by atoms with Gasteiger partial charge in [-0.15, -0.1) is 0 Å². The first-order chi connectivity index (χ1) is 12.7. The zero-order chi connectivity index (χ0) is 19.7. The molecule has 1 aromatic carbocycles. The van der Waals surface area contributed by atoms with E-state index in [4.69, 9.17) is 11.6 Å². The van der Waals surface area contributed by atoms with Crippen LogP contribution in [0, 0.1) is 27.7 Å². The number of hydrogen-bond donors (Lipinski definition) is 1. The lowest BCUT2D eigenvalue weighted by Gasteiger charge is -2.08. The van der Waals surface area contributed by atoms with Gasteiger partial charge in [0, 0.05) is 27.1 Å². The Morgan fingerprint density at radius 2 is 1.81 bits per heavy atom. The fourth-order valence-corrected chi connectivity index (χ4v) is 3.59. The zero-order valence-corrected chi connectivity index (χ0v) is 17.8. The first-order valence-corrected chi connectivity index (χ1v) is 9.54. The summed E-state index contributed by atoms with van der Waals surface area (Å²) in [5.41, 5.74) is 4.78. The number of halogens is 2. The molecule has 6 nitrogen and oxygen atoms in total. The number of nitrogens with one attached hydrogen (secondary N) is 1. The molecule has 0 radical (unpaired) electrons. The molecule has 2 heterocycles. The van der Waals surface area contributed by atoms with Crippen LogP contribution >= 0.6 is 27.5 Å². The molecule has 1 amide bonds. The van der Waals surface area contributed by atoms with Gasteiger partial charge in [-0.3, -0.25) is 4.79 Å². The van der Waals surface area contributed by atoms with Gasteiger partial charge >= 0.3 is 0 Å². The molecule has 1 N–H and O–H groups in total. The SMILES string of the molecule is Cc1cc(C)nc(-n2nc(C)c(CC(=O)Nc3ccc(Br)cc3Cl)c2C)n1. The highest BCUT2D eigenvalue weighted by Crippen LogP contribution is 2.26. The van der Waals surface area contributed by atoms with Crippen LogP contribution in [0.25, 0.3) is 5.95 Å². The molecule has 0 spiro atoms. The largest absolute Gasteiger partial charge is 0.324 e. The summed E-state index contributed by atoms with van der Waals surface area (Å²) >= 11 is 9.53. The van der Waals surface area contributed by atoms with Gasteiger partial charge in [-0.1, -0.05) is 27.5 Å². The molecular formula is C19H19BrClN5O. The third-order valence-electron chi connectivity index (χ3n) is 4.14. The van der Waals surface area contributed by atoms with Gasteiger partial charge in [0.05, 0.1) is 22.8 Å². The second-order valence-electron chi connectivity index (χ2n) is 6.36. The Bertz CT molecular complexity index is 1010. The normalized spacial score (nSPS) is 10.9. The molecule has 0 aliphatic rings. The summed E-state index contributed by atoms with van der Waals surface area (Å²) in [7, 11) is 0. The minimum absolute atomic E-state index is 0.161. The smallest absolute Gasteiger partial charge is 0.251 e. The van der Waals surface area contributed by atoms with Crippen molar-refractivity contribution in [1.29, 1.82) is 0 Å². The van der Waals surface area contributed by atoms with Crippen molar-refractivity contribution in [3.05, 3.63) is 62.1 Å². The standard InChI is InChI=1S/C19H19BrClN5O/c1-10-7-11(2)23-19(22-10)26-13(4)15(12(3)25-26)9-18(27)24-17-6-5-14(20)8-16(17)21/h5-8H,9H2,1-4H3,(H,24,27). The predicted molar refractivity (Wildman–Crippen MR) is 110 cm³/mol. The molecule has 0 unspecified atom stereocenters. The van der Waals surface area contributed by atoms with Crippen molar-refractivity contribution in [2.24, 2.45) is 0 Å². The van der Waals surface area contributed by atoms with E-state index < -0.39 is 0 Å². The number of amides is 1. The van der Waals surface area contributed by atoms with Gasteiger partial charge in [0.25, 0.3) is 5.95 Å². The maximum Gasteiger partial charge on any atom is 0.251 e. The monoisotopic (exact) mass is 447 g/mol. The first-order valence-electron chi connectivity index (χ1n) is 8.37. The van der Waals surface area contributed by atoms with Crippen LogP contribution in [0.5, 0.6) is 0 Å². The van der Waals surface area contributed by atoms with Gasteiger partial charge in [0.1, 0.15) is 0 Å². The van der Waals surface area contributed by atoms with Crippen LogP contribution in [-0.4, -0.2) is 25.7 Å². The van der Waals surface area contributed by atoms with Crippen molar-refractivity contribution < 1.29 is 4.79 Å². The second-order valence-corrected chi connectivity index (χ2v) is 7.68. The summed E-state index contributed by atoms with van der Waals surface area (Å²) in [6, 6.07) is 7.23. The van der Waals surface area contributed by atoms with Gasteiger partial charge in [0.2, 0.25) is 5.91 Å². The number of rotatable bonds is 4. The molecule has 0 aliphatic carbocycles. The van der Waals surface area contributed by atoms with Crippen molar-refractivity contribution in [3.63, 3.8) is 0 Å². The van der Waals surface area contributed by atoms with Crippen molar-refractivity contribution in [1.82, 2.24) is 19.7 Å². The average Bonchev–Trinajstić information content (AvgIpc) is 2.85. The number of aromatic nitrogens is 4. The number of aryl methyl sites for hydroxylation is 3. The van der Waals surface area contributed by atoms with E-state index in [1.165, 1.54) is 0 Å². The van der Waals surface area contributed by atoms with Gasteiger partial charge < -0.3 is 5.32 Å². The highest BCUT2D eigenvalue weighted by Gasteiger charge is 2.18. The number of anilines is 1. The number of benzene rings is 1. The Hall–Kier alpha value is -2.25. The second kappa shape index (κ2) is 7.78. The van der Waals surface area contributed by atoms with Crippen LogP contribution in [0.2, 0.25) is 5.02 Å². The van der Waals surface area contributed by atoms with Crippen LogP contribution in [-0.2, 0) is 11.2 Å². The molecule has 0 aliphatic heterocycles. The highest BCUT2D eigenvalue weighted by atomic mass is 79.9. The Kier molecular flexibility index (Phi) is 5.62. The minimum atomic E-state index is -0.161. The summed E-state index contributed by atoms with van der Waals surface area (Å²) in [6.45, 7) is 7.62.